The van der Waals surface area contributed by atoms with E-state index < -0.39 is 11.9 Å². The minimum absolute atomic E-state index is 0.0329. The fraction of sp³-hybridized carbons (Fsp3) is 0.100. The summed E-state index contributed by atoms with van der Waals surface area (Å²) in [5, 5.41) is 2.53. The average Bonchev–Trinajstić information content (AvgIpc) is 3.20. The fourth-order valence-corrected chi connectivity index (χ4v) is 2.25. The number of amides is 3. The molecule has 0 bridgehead atoms. The number of carbonyl (C=O) groups excluding carboxylic acids is 2. The largest absolute Gasteiger partial charge is 0.486 e. The van der Waals surface area contributed by atoms with Crippen molar-refractivity contribution in [2.75, 3.05) is 0 Å². The zero-order chi connectivity index (χ0) is 19.8. The second-order valence-electron chi connectivity index (χ2n) is 5.76. The molecule has 0 saturated heterocycles. The summed E-state index contributed by atoms with van der Waals surface area (Å²) in [6, 6.07) is 17.4. The maximum Gasteiger partial charge on any atom is 0.333 e. The van der Waals surface area contributed by atoms with Crippen molar-refractivity contribution in [2.45, 2.75) is 13.2 Å². The quantitative estimate of drug-likeness (QED) is 0.570. The van der Waals surface area contributed by atoms with Crippen LogP contribution >= 0.6 is 0 Å². The molecule has 28 heavy (non-hydrogen) atoms. The number of furan rings is 1. The highest BCUT2D eigenvalue weighted by molar-refractivity contribution is 5.92. The van der Waals surface area contributed by atoms with E-state index in [1.54, 1.807) is 18.2 Å². The van der Waals surface area contributed by atoms with Crippen LogP contribution in [0.1, 0.15) is 21.9 Å². The highest BCUT2D eigenvalue weighted by Gasteiger charge is 2.12. The average molecular weight is 383 g/mol. The van der Waals surface area contributed by atoms with Gasteiger partial charge in [0.15, 0.2) is 5.76 Å². The molecule has 7 nitrogen and oxygen atoms in total. The molecule has 0 radical (unpaired) electrons. The Bertz CT molecular complexity index is 926. The topological polar surface area (TPSA) is 92.6 Å². The molecule has 3 rings (SSSR count). The summed E-state index contributed by atoms with van der Waals surface area (Å²) in [7, 11) is 0. The first-order valence-electron chi connectivity index (χ1n) is 8.45. The number of carbonyl (C=O) groups is 2. The van der Waals surface area contributed by atoms with Crippen LogP contribution in [0.25, 0.3) is 0 Å². The Labute approximate surface area is 160 Å². The van der Waals surface area contributed by atoms with Crippen LogP contribution in [0.4, 0.5) is 9.18 Å². The third kappa shape index (κ3) is 5.60. The standard InChI is InChI=1S/C20H18FN3O4/c21-15-8-6-14(7-9-15)12-22-20(26)24-23-19(25)18-11-10-17(28-18)13-27-16-4-2-1-3-5-16/h1-11H,12-13H2,(H,23,25)(H2,22,24,26). The molecule has 0 aliphatic carbocycles. The van der Waals surface area contributed by atoms with E-state index in [-0.39, 0.29) is 24.7 Å². The summed E-state index contributed by atoms with van der Waals surface area (Å²) in [4.78, 5) is 23.7. The number of benzene rings is 2. The molecule has 1 heterocycles. The normalized spacial score (nSPS) is 10.2. The summed E-state index contributed by atoms with van der Waals surface area (Å²) < 4.78 is 23.8. The van der Waals surface area contributed by atoms with Crippen molar-refractivity contribution in [1.29, 1.82) is 0 Å². The molecule has 0 saturated carbocycles. The molecule has 2 aromatic carbocycles. The molecule has 1 aromatic heterocycles. The van der Waals surface area contributed by atoms with Crippen molar-refractivity contribution in [1.82, 2.24) is 16.2 Å². The van der Waals surface area contributed by atoms with E-state index in [0.717, 1.165) is 5.56 Å². The molecule has 0 aliphatic rings. The molecule has 144 valence electrons. The van der Waals surface area contributed by atoms with Crippen molar-refractivity contribution in [3.8, 4) is 5.75 Å². The number of nitrogens with one attached hydrogen (secondary N) is 3. The Kier molecular flexibility index (Phi) is 6.25. The molecular formula is C20H18FN3O4. The molecule has 0 atom stereocenters. The molecule has 0 spiro atoms. The number of ether oxygens (including phenoxy) is 1. The predicted molar refractivity (Wildman–Crippen MR) is 98.7 cm³/mol. The summed E-state index contributed by atoms with van der Waals surface area (Å²) in [6.45, 7) is 0.354. The van der Waals surface area contributed by atoms with Gasteiger partial charge in [0.2, 0.25) is 0 Å². The van der Waals surface area contributed by atoms with Crippen LogP contribution in [0.5, 0.6) is 5.75 Å². The van der Waals surface area contributed by atoms with E-state index in [0.29, 0.717) is 11.5 Å². The maximum atomic E-state index is 12.8. The monoisotopic (exact) mass is 383 g/mol. The smallest absolute Gasteiger partial charge is 0.333 e. The lowest BCUT2D eigenvalue weighted by Crippen LogP contribution is -2.46. The van der Waals surface area contributed by atoms with Crippen molar-refractivity contribution >= 4 is 11.9 Å². The highest BCUT2D eigenvalue weighted by Crippen LogP contribution is 2.13. The van der Waals surface area contributed by atoms with Crippen LogP contribution < -0.4 is 20.9 Å². The van der Waals surface area contributed by atoms with Gasteiger partial charge in [0.25, 0.3) is 0 Å². The lowest BCUT2D eigenvalue weighted by atomic mass is 10.2. The minimum atomic E-state index is -0.614. The van der Waals surface area contributed by atoms with Crippen LogP contribution in [0, 0.1) is 5.82 Å². The van der Waals surface area contributed by atoms with Gasteiger partial charge in [-0.15, -0.1) is 0 Å². The number of hydrogen-bond donors (Lipinski definition) is 3. The number of urea groups is 1. The van der Waals surface area contributed by atoms with Gasteiger partial charge in [-0.05, 0) is 42.0 Å². The first-order valence-corrected chi connectivity index (χ1v) is 8.45. The van der Waals surface area contributed by atoms with E-state index >= 15 is 0 Å². The number of halogens is 1. The molecule has 3 N–H and O–H groups in total. The van der Waals surface area contributed by atoms with Gasteiger partial charge in [-0.1, -0.05) is 30.3 Å². The van der Waals surface area contributed by atoms with Gasteiger partial charge in [0.05, 0.1) is 0 Å². The zero-order valence-corrected chi connectivity index (χ0v) is 14.8. The summed E-state index contributed by atoms with van der Waals surface area (Å²) >= 11 is 0. The molecule has 0 aliphatic heterocycles. The molecule has 0 fully saturated rings. The maximum absolute atomic E-state index is 12.8. The Hall–Kier alpha value is -3.81. The van der Waals surface area contributed by atoms with Gasteiger partial charge in [-0.3, -0.25) is 10.2 Å². The van der Waals surface area contributed by atoms with Crippen molar-refractivity contribution in [3.63, 3.8) is 0 Å². The Morgan fingerprint density at radius 3 is 2.43 bits per heavy atom. The number of para-hydroxylation sites is 1. The van der Waals surface area contributed by atoms with E-state index in [1.807, 2.05) is 30.3 Å². The highest BCUT2D eigenvalue weighted by atomic mass is 19.1. The van der Waals surface area contributed by atoms with Gasteiger partial charge in [0, 0.05) is 6.54 Å². The van der Waals surface area contributed by atoms with E-state index in [9.17, 15) is 14.0 Å². The number of hydrogen-bond acceptors (Lipinski definition) is 4. The Morgan fingerprint density at radius 2 is 1.68 bits per heavy atom. The molecule has 0 unspecified atom stereocenters. The molecule has 3 amide bonds. The first kappa shape index (κ1) is 19.0. The van der Waals surface area contributed by atoms with E-state index in [1.165, 1.54) is 18.2 Å². The number of rotatable bonds is 6. The summed E-state index contributed by atoms with van der Waals surface area (Å²) in [5.41, 5.74) is 5.17. The van der Waals surface area contributed by atoms with Crippen molar-refractivity contribution in [2.24, 2.45) is 0 Å². The SMILES string of the molecule is O=C(NCc1ccc(F)cc1)NNC(=O)c1ccc(COc2ccccc2)o1. The second kappa shape index (κ2) is 9.22. The Balaban J connectivity index is 1.41. The second-order valence-corrected chi connectivity index (χ2v) is 5.76. The number of hydrazine groups is 1. The van der Waals surface area contributed by atoms with Crippen molar-refractivity contribution < 1.29 is 23.1 Å². The lowest BCUT2D eigenvalue weighted by molar-refractivity contribution is 0.0904. The van der Waals surface area contributed by atoms with Gasteiger partial charge in [-0.25, -0.2) is 14.6 Å². The van der Waals surface area contributed by atoms with Gasteiger partial charge < -0.3 is 14.5 Å². The van der Waals surface area contributed by atoms with Crippen molar-refractivity contribution in [3.05, 3.63) is 89.6 Å². The van der Waals surface area contributed by atoms with Gasteiger partial charge in [0.1, 0.15) is 23.9 Å². The van der Waals surface area contributed by atoms with E-state index in [2.05, 4.69) is 16.2 Å². The predicted octanol–water partition coefficient (Wildman–Crippen LogP) is 3.14. The summed E-state index contributed by atoms with van der Waals surface area (Å²) in [6.07, 6.45) is 0. The summed E-state index contributed by atoms with van der Waals surface area (Å²) in [5.74, 6) is 0.222. The van der Waals surface area contributed by atoms with Crippen LogP contribution in [-0.2, 0) is 13.2 Å². The van der Waals surface area contributed by atoms with Crippen LogP contribution in [-0.4, -0.2) is 11.9 Å². The van der Waals surface area contributed by atoms with Gasteiger partial charge >= 0.3 is 11.9 Å². The third-order valence-corrected chi connectivity index (χ3v) is 3.67. The molecule has 8 heteroatoms. The van der Waals surface area contributed by atoms with Gasteiger partial charge in [-0.2, -0.15) is 0 Å². The first-order chi connectivity index (χ1) is 13.6. The minimum Gasteiger partial charge on any atom is -0.486 e. The third-order valence-electron chi connectivity index (χ3n) is 3.67. The molecule has 3 aromatic rings. The fourth-order valence-electron chi connectivity index (χ4n) is 2.25. The zero-order valence-electron chi connectivity index (χ0n) is 14.8. The lowest BCUT2D eigenvalue weighted by Gasteiger charge is -2.08. The van der Waals surface area contributed by atoms with E-state index in [4.69, 9.17) is 9.15 Å². The molecular weight excluding hydrogens is 365 g/mol. The van der Waals surface area contributed by atoms with Crippen LogP contribution in [0.15, 0.2) is 71.1 Å². The van der Waals surface area contributed by atoms with Crippen LogP contribution in [0.2, 0.25) is 0 Å². The Morgan fingerprint density at radius 1 is 0.929 bits per heavy atom. The van der Waals surface area contributed by atoms with Crippen LogP contribution in [0.3, 0.4) is 0 Å².